The second kappa shape index (κ2) is 6.71. The SMILES string of the molecule is Cc1csc(C(O)CNC(C)C)c1Cl.Cl. The van der Waals surface area contributed by atoms with Crippen LogP contribution in [0, 0.1) is 6.92 Å². The van der Waals surface area contributed by atoms with Crippen LogP contribution in [0.2, 0.25) is 5.02 Å². The molecule has 0 saturated carbocycles. The fourth-order valence-corrected chi connectivity index (χ4v) is 2.42. The molecule has 5 heteroatoms. The van der Waals surface area contributed by atoms with Crippen molar-refractivity contribution in [2.24, 2.45) is 0 Å². The Morgan fingerprint density at radius 2 is 2.13 bits per heavy atom. The van der Waals surface area contributed by atoms with Gasteiger partial charge in [-0.15, -0.1) is 23.7 Å². The van der Waals surface area contributed by atoms with Gasteiger partial charge in [0.15, 0.2) is 0 Å². The summed E-state index contributed by atoms with van der Waals surface area (Å²) in [6.45, 7) is 6.60. The van der Waals surface area contributed by atoms with Crippen LogP contribution in [0.25, 0.3) is 0 Å². The highest BCUT2D eigenvalue weighted by molar-refractivity contribution is 7.10. The second-order valence-electron chi connectivity index (χ2n) is 3.68. The van der Waals surface area contributed by atoms with Crippen LogP contribution in [-0.4, -0.2) is 17.7 Å². The molecule has 0 aliphatic heterocycles. The van der Waals surface area contributed by atoms with E-state index in [9.17, 15) is 5.11 Å². The highest BCUT2D eigenvalue weighted by Crippen LogP contribution is 2.31. The van der Waals surface area contributed by atoms with E-state index in [-0.39, 0.29) is 12.4 Å². The second-order valence-corrected chi connectivity index (χ2v) is 4.96. The molecule has 0 aliphatic carbocycles. The quantitative estimate of drug-likeness (QED) is 0.880. The zero-order valence-electron chi connectivity index (χ0n) is 9.08. The third-order valence-corrected chi connectivity index (χ3v) is 3.76. The van der Waals surface area contributed by atoms with Crippen molar-refractivity contribution in [1.29, 1.82) is 0 Å². The van der Waals surface area contributed by atoms with Gasteiger partial charge in [0, 0.05) is 12.6 Å². The summed E-state index contributed by atoms with van der Waals surface area (Å²) in [6, 6.07) is 0.379. The van der Waals surface area contributed by atoms with Gasteiger partial charge in [0.1, 0.15) is 6.10 Å². The van der Waals surface area contributed by atoms with Crippen LogP contribution >= 0.6 is 35.3 Å². The van der Waals surface area contributed by atoms with E-state index in [1.807, 2.05) is 26.2 Å². The van der Waals surface area contributed by atoms with Crippen LogP contribution < -0.4 is 5.32 Å². The summed E-state index contributed by atoms with van der Waals surface area (Å²) in [5, 5.41) is 15.7. The molecule has 0 saturated heterocycles. The predicted octanol–water partition coefficient (Wildman–Crippen LogP) is 3.16. The van der Waals surface area contributed by atoms with Crippen LogP contribution in [-0.2, 0) is 0 Å². The van der Waals surface area contributed by atoms with Crippen LogP contribution in [0.4, 0.5) is 0 Å². The maximum Gasteiger partial charge on any atom is 0.102 e. The van der Waals surface area contributed by atoms with Gasteiger partial charge >= 0.3 is 0 Å². The molecule has 1 aromatic heterocycles. The highest BCUT2D eigenvalue weighted by atomic mass is 35.5. The van der Waals surface area contributed by atoms with E-state index in [1.165, 1.54) is 11.3 Å². The lowest BCUT2D eigenvalue weighted by atomic mass is 10.2. The van der Waals surface area contributed by atoms with Crippen molar-refractivity contribution in [3.63, 3.8) is 0 Å². The number of halogens is 2. The van der Waals surface area contributed by atoms with E-state index in [0.717, 1.165) is 10.4 Å². The van der Waals surface area contributed by atoms with Gasteiger partial charge in [-0.25, -0.2) is 0 Å². The summed E-state index contributed by atoms with van der Waals surface area (Å²) in [5.41, 5.74) is 1.04. The molecular formula is C10H17Cl2NOS. The molecule has 0 aliphatic rings. The van der Waals surface area contributed by atoms with Gasteiger partial charge in [0.05, 0.1) is 9.90 Å². The lowest BCUT2D eigenvalue weighted by Gasteiger charge is -2.13. The Kier molecular flexibility index (Phi) is 6.80. The summed E-state index contributed by atoms with van der Waals surface area (Å²) in [6.07, 6.45) is -0.497. The predicted molar refractivity (Wildman–Crippen MR) is 69.4 cm³/mol. The number of aryl methyl sites for hydroxylation is 1. The topological polar surface area (TPSA) is 32.3 Å². The fraction of sp³-hybridized carbons (Fsp3) is 0.600. The van der Waals surface area contributed by atoms with E-state index < -0.39 is 6.10 Å². The summed E-state index contributed by atoms with van der Waals surface area (Å²) in [5.74, 6) is 0. The summed E-state index contributed by atoms with van der Waals surface area (Å²) < 4.78 is 0. The van der Waals surface area contributed by atoms with Crippen molar-refractivity contribution >= 4 is 35.3 Å². The molecule has 1 rings (SSSR count). The molecule has 88 valence electrons. The van der Waals surface area contributed by atoms with E-state index >= 15 is 0 Å². The molecule has 1 atom stereocenters. The Labute approximate surface area is 106 Å². The van der Waals surface area contributed by atoms with E-state index in [4.69, 9.17) is 11.6 Å². The Morgan fingerprint density at radius 3 is 2.53 bits per heavy atom. The van der Waals surface area contributed by atoms with Crippen molar-refractivity contribution in [1.82, 2.24) is 5.32 Å². The number of rotatable bonds is 4. The first-order valence-corrected chi connectivity index (χ1v) is 5.93. The van der Waals surface area contributed by atoms with Crippen molar-refractivity contribution in [3.05, 3.63) is 20.8 Å². The van der Waals surface area contributed by atoms with Crippen molar-refractivity contribution in [2.75, 3.05) is 6.54 Å². The third-order valence-electron chi connectivity index (χ3n) is 1.95. The smallest absolute Gasteiger partial charge is 0.102 e. The largest absolute Gasteiger partial charge is 0.386 e. The summed E-state index contributed by atoms with van der Waals surface area (Å²) in [4.78, 5) is 0.859. The minimum Gasteiger partial charge on any atom is -0.386 e. The number of hydrogen-bond acceptors (Lipinski definition) is 3. The standard InChI is InChI=1S/C10H16ClNOS.ClH/c1-6(2)12-4-8(13)10-9(11)7(3)5-14-10;/h5-6,8,12-13H,4H2,1-3H3;1H. The number of aliphatic hydroxyl groups excluding tert-OH is 1. The Balaban J connectivity index is 0.00000196. The molecule has 2 nitrogen and oxygen atoms in total. The number of aliphatic hydroxyl groups is 1. The molecule has 1 aromatic rings. The zero-order chi connectivity index (χ0) is 10.7. The average Bonchev–Trinajstić information content (AvgIpc) is 2.44. The summed E-state index contributed by atoms with van der Waals surface area (Å²) >= 11 is 7.56. The summed E-state index contributed by atoms with van der Waals surface area (Å²) in [7, 11) is 0. The van der Waals surface area contributed by atoms with Gasteiger partial charge in [-0.1, -0.05) is 25.4 Å². The van der Waals surface area contributed by atoms with E-state index in [2.05, 4.69) is 5.32 Å². The first kappa shape index (κ1) is 15.2. The lowest BCUT2D eigenvalue weighted by molar-refractivity contribution is 0.175. The highest BCUT2D eigenvalue weighted by Gasteiger charge is 2.15. The Morgan fingerprint density at radius 1 is 1.53 bits per heavy atom. The fourth-order valence-electron chi connectivity index (χ4n) is 1.11. The molecule has 15 heavy (non-hydrogen) atoms. The Hall–Kier alpha value is 0.200. The van der Waals surface area contributed by atoms with Gasteiger partial charge in [0.2, 0.25) is 0 Å². The average molecular weight is 270 g/mol. The van der Waals surface area contributed by atoms with Gasteiger partial charge < -0.3 is 10.4 Å². The van der Waals surface area contributed by atoms with Crippen LogP contribution in [0.15, 0.2) is 5.38 Å². The molecule has 0 radical (unpaired) electrons. The molecule has 0 fully saturated rings. The van der Waals surface area contributed by atoms with Gasteiger partial charge in [0.25, 0.3) is 0 Å². The zero-order valence-corrected chi connectivity index (χ0v) is 11.5. The number of hydrogen-bond donors (Lipinski definition) is 2. The van der Waals surface area contributed by atoms with Crippen LogP contribution in [0.3, 0.4) is 0 Å². The molecule has 1 heterocycles. The van der Waals surface area contributed by atoms with Gasteiger partial charge in [-0.2, -0.15) is 0 Å². The number of nitrogens with one attached hydrogen (secondary N) is 1. The molecule has 1 unspecified atom stereocenters. The van der Waals surface area contributed by atoms with Gasteiger partial charge in [-0.3, -0.25) is 0 Å². The Bertz CT molecular complexity index is 302. The molecule has 0 amide bonds. The monoisotopic (exact) mass is 269 g/mol. The normalized spacial score (nSPS) is 12.7. The van der Waals surface area contributed by atoms with Crippen molar-refractivity contribution < 1.29 is 5.11 Å². The molecule has 0 spiro atoms. The maximum absolute atomic E-state index is 9.83. The number of thiophene rings is 1. The minimum atomic E-state index is -0.497. The van der Waals surface area contributed by atoms with Crippen LogP contribution in [0.1, 0.15) is 30.4 Å². The lowest BCUT2D eigenvalue weighted by Crippen LogP contribution is -2.27. The first-order valence-electron chi connectivity index (χ1n) is 4.67. The third kappa shape index (κ3) is 4.29. The van der Waals surface area contributed by atoms with E-state index in [0.29, 0.717) is 17.6 Å². The maximum atomic E-state index is 9.83. The van der Waals surface area contributed by atoms with Crippen LogP contribution in [0.5, 0.6) is 0 Å². The van der Waals surface area contributed by atoms with Crippen molar-refractivity contribution in [2.45, 2.75) is 32.9 Å². The van der Waals surface area contributed by atoms with Gasteiger partial charge in [-0.05, 0) is 17.9 Å². The molecule has 2 N–H and O–H groups in total. The van der Waals surface area contributed by atoms with E-state index in [1.54, 1.807) is 0 Å². The van der Waals surface area contributed by atoms with Crippen molar-refractivity contribution in [3.8, 4) is 0 Å². The molecule has 0 bridgehead atoms. The first-order chi connectivity index (χ1) is 6.52. The molecular weight excluding hydrogens is 253 g/mol. The molecule has 0 aromatic carbocycles. The minimum absolute atomic E-state index is 0.